The molecular formula is C42H54N2O8S. The molecule has 53 heavy (non-hydrogen) atoms. The Morgan fingerprint density at radius 3 is 2.43 bits per heavy atom. The Labute approximate surface area is 317 Å². The van der Waals surface area contributed by atoms with E-state index in [1.807, 2.05) is 23.9 Å². The minimum Gasteiger partial charge on any atom is -0.490 e. The van der Waals surface area contributed by atoms with Crippen LogP contribution in [0.2, 0.25) is 0 Å². The van der Waals surface area contributed by atoms with Crippen molar-refractivity contribution in [3.63, 3.8) is 0 Å². The maximum Gasteiger partial charge on any atom is 0.269 e. The number of nitro benzene ring substituents is 1. The summed E-state index contributed by atoms with van der Waals surface area (Å²) >= 11 is 1.96. The predicted molar refractivity (Wildman–Crippen MR) is 208 cm³/mol. The quantitative estimate of drug-likeness (QED) is 0.0591. The van der Waals surface area contributed by atoms with Crippen LogP contribution in [0.4, 0.5) is 5.69 Å². The molecule has 10 nitrogen and oxygen atoms in total. The molecule has 0 aromatic heterocycles. The second-order valence-corrected chi connectivity index (χ2v) is 16.1. The van der Waals surface area contributed by atoms with Gasteiger partial charge in [-0.05, 0) is 91.8 Å². The van der Waals surface area contributed by atoms with Crippen molar-refractivity contribution >= 4 is 23.2 Å². The van der Waals surface area contributed by atoms with E-state index in [4.69, 9.17) is 24.2 Å². The third-order valence-electron chi connectivity index (χ3n) is 11.2. The van der Waals surface area contributed by atoms with Gasteiger partial charge in [0.15, 0.2) is 0 Å². The molecule has 0 amide bonds. The lowest BCUT2D eigenvalue weighted by atomic mass is 9.56. The number of allylic oxidation sites excluding steroid dienone is 1. The second kappa shape index (κ2) is 18.6. The molecule has 0 spiro atoms. The fourth-order valence-corrected chi connectivity index (χ4v) is 10.6. The minimum absolute atomic E-state index is 0.0134. The number of benzene rings is 2. The highest BCUT2D eigenvalue weighted by atomic mass is 32.2. The summed E-state index contributed by atoms with van der Waals surface area (Å²) in [5, 5.41) is 36.1. The van der Waals surface area contributed by atoms with Crippen LogP contribution < -0.4 is 9.47 Å². The molecule has 2 N–H and O–H groups in total. The number of nitro groups is 1. The summed E-state index contributed by atoms with van der Waals surface area (Å²) in [4.78, 5) is 16.9. The summed E-state index contributed by atoms with van der Waals surface area (Å²) in [7, 11) is 0. The molecule has 0 radical (unpaired) electrons. The number of nitrogens with zero attached hydrogens (tertiary/aromatic N) is 2. The Kier molecular flexibility index (Phi) is 13.7. The van der Waals surface area contributed by atoms with Gasteiger partial charge < -0.3 is 29.3 Å². The molecule has 11 heteroatoms. The molecule has 6 atom stereocenters. The topological polar surface area (TPSA) is 133 Å². The molecule has 2 aromatic carbocycles. The lowest BCUT2D eigenvalue weighted by Crippen LogP contribution is -2.64. The van der Waals surface area contributed by atoms with Gasteiger partial charge in [-0.1, -0.05) is 55.6 Å². The molecule has 1 heterocycles. The normalized spacial score (nSPS) is 26.9. The zero-order valence-electron chi connectivity index (χ0n) is 30.6. The van der Waals surface area contributed by atoms with Crippen molar-refractivity contribution in [2.75, 3.05) is 26.4 Å². The van der Waals surface area contributed by atoms with Gasteiger partial charge in [-0.15, -0.1) is 18.3 Å². The number of aliphatic hydroxyl groups excluding tert-OH is 2. The van der Waals surface area contributed by atoms with Crippen LogP contribution in [0.5, 0.6) is 11.5 Å². The maximum absolute atomic E-state index is 11.2. The van der Waals surface area contributed by atoms with Gasteiger partial charge in [-0.2, -0.15) is 0 Å². The van der Waals surface area contributed by atoms with Gasteiger partial charge >= 0.3 is 0 Å². The second-order valence-electron chi connectivity index (χ2n) is 14.6. The van der Waals surface area contributed by atoms with Crippen LogP contribution in [0.1, 0.15) is 87.7 Å². The highest BCUT2D eigenvalue weighted by molar-refractivity contribution is 8.00. The Balaban J connectivity index is 1.49. The van der Waals surface area contributed by atoms with E-state index in [0.29, 0.717) is 24.9 Å². The Morgan fingerprint density at radius 1 is 1.00 bits per heavy atom. The van der Waals surface area contributed by atoms with Gasteiger partial charge in [0.05, 0.1) is 28.4 Å². The van der Waals surface area contributed by atoms with Crippen LogP contribution in [-0.4, -0.2) is 63.6 Å². The van der Waals surface area contributed by atoms with Gasteiger partial charge in [-0.3, -0.25) is 10.1 Å². The third kappa shape index (κ3) is 8.85. The van der Waals surface area contributed by atoms with E-state index in [2.05, 4.69) is 25.3 Å². The highest BCUT2D eigenvalue weighted by Gasteiger charge is 2.64. The summed E-state index contributed by atoms with van der Waals surface area (Å²) in [6.45, 7) is 9.05. The number of oxime groups is 1. The monoisotopic (exact) mass is 746 g/mol. The van der Waals surface area contributed by atoms with E-state index < -0.39 is 10.7 Å². The third-order valence-corrected chi connectivity index (χ3v) is 12.9. The molecule has 2 fully saturated rings. The number of rotatable bonds is 20. The number of fused-ring (bicyclic) bond motifs is 2. The lowest BCUT2D eigenvalue weighted by Gasteiger charge is -2.58. The summed E-state index contributed by atoms with van der Waals surface area (Å²) in [6.07, 6.45) is 16.3. The maximum atomic E-state index is 11.2. The standard InChI is InChI=1S/C42H54N2O8S/c1-3-23-49-32-19-20-38-36(26-32)40-34(14-8-10-22-46)30(11-7-9-21-45)25-35-37(43-51-28-29-15-17-31(18-16-29)44(47)48)27-39(53-33-12-5-6-13-33)42(52-38,41(35)40)50-24-4-2/h3-4,15-20,25-26,30,33-34,39-41,45-46H,1-2,5-14,21-24,27-28H2. The molecule has 0 bridgehead atoms. The highest BCUT2D eigenvalue weighted by Crippen LogP contribution is 2.63. The van der Waals surface area contributed by atoms with Gasteiger partial charge in [-0.25, -0.2) is 0 Å². The number of ether oxygens (including phenoxy) is 3. The first kappa shape index (κ1) is 39.1. The first-order valence-corrected chi connectivity index (χ1v) is 20.2. The number of hydrogen-bond acceptors (Lipinski definition) is 10. The summed E-state index contributed by atoms with van der Waals surface area (Å²) in [6, 6.07) is 12.5. The SMILES string of the molecule is C=CCOc1ccc2c(c1)C1C(CCCCO)C(CCCCO)C=C3C(=NOCc4ccc([N+](=O)[O-])cc4)CC(SC4CCCC4)C(OCC=C)(O2)C31. The van der Waals surface area contributed by atoms with E-state index >= 15 is 0 Å². The predicted octanol–water partition coefficient (Wildman–Crippen LogP) is 8.67. The van der Waals surface area contributed by atoms with E-state index in [1.165, 1.54) is 25.0 Å². The number of thioether (sulfide) groups is 1. The van der Waals surface area contributed by atoms with E-state index in [9.17, 15) is 20.3 Å². The van der Waals surface area contributed by atoms with E-state index in [1.54, 1.807) is 24.3 Å². The van der Waals surface area contributed by atoms with Crippen molar-refractivity contribution in [1.29, 1.82) is 0 Å². The zero-order chi connectivity index (χ0) is 37.2. The molecule has 2 aromatic rings. The number of non-ortho nitro benzene ring substituents is 1. The van der Waals surface area contributed by atoms with Crippen molar-refractivity contribution < 1.29 is 34.2 Å². The summed E-state index contributed by atoms with van der Waals surface area (Å²) in [5.74, 6) is 0.703. The molecule has 6 rings (SSSR count). The van der Waals surface area contributed by atoms with Crippen molar-refractivity contribution in [3.8, 4) is 11.5 Å². The molecular weight excluding hydrogens is 693 g/mol. The van der Waals surface area contributed by atoms with Crippen LogP contribution in [0.3, 0.4) is 0 Å². The van der Waals surface area contributed by atoms with Crippen LogP contribution >= 0.6 is 11.8 Å². The molecule has 3 aliphatic carbocycles. The van der Waals surface area contributed by atoms with Gasteiger partial charge in [0.1, 0.15) is 24.7 Å². The Morgan fingerprint density at radius 2 is 1.74 bits per heavy atom. The molecule has 2 saturated carbocycles. The Hall–Kier alpha value is -3.64. The zero-order valence-corrected chi connectivity index (χ0v) is 31.4. The molecule has 1 aliphatic heterocycles. The number of unbranched alkanes of at least 4 members (excludes halogenated alkanes) is 2. The van der Waals surface area contributed by atoms with Crippen LogP contribution in [-0.2, 0) is 16.2 Å². The minimum atomic E-state index is -1.00. The average Bonchev–Trinajstić information content (AvgIpc) is 3.69. The largest absolute Gasteiger partial charge is 0.490 e. The van der Waals surface area contributed by atoms with E-state index in [-0.39, 0.29) is 54.4 Å². The molecule has 0 saturated heterocycles. The number of hydrogen-bond donors (Lipinski definition) is 2. The fraction of sp³-hybridized carbons (Fsp3) is 0.548. The first-order valence-electron chi connectivity index (χ1n) is 19.2. The van der Waals surface area contributed by atoms with Crippen molar-refractivity contribution in [2.24, 2.45) is 22.9 Å². The van der Waals surface area contributed by atoms with Crippen molar-refractivity contribution in [3.05, 3.63) is 101 Å². The Bertz CT molecular complexity index is 1620. The molecule has 4 aliphatic rings. The van der Waals surface area contributed by atoms with E-state index in [0.717, 1.165) is 85.3 Å². The number of aliphatic hydroxyl groups is 2. The smallest absolute Gasteiger partial charge is 0.269 e. The van der Waals surface area contributed by atoms with Gasteiger partial charge in [0.25, 0.3) is 5.69 Å². The van der Waals surface area contributed by atoms with Crippen LogP contribution in [0.25, 0.3) is 0 Å². The average molecular weight is 747 g/mol. The summed E-state index contributed by atoms with van der Waals surface area (Å²) in [5.41, 5.74) is 3.85. The van der Waals surface area contributed by atoms with Crippen molar-refractivity contribution in [1.82, 2.24) is 0 Å². The fourth-order valence-electron chi connectivity index (χ4n) is 8.84. The van der Waals surface area contributed by atoms with Crippen LogP contribution in [0.15, 0.2) is 84.6 Å². The molecule has 6 unspecified atom stereocenters. The van der Waals surface area contributed by atoms with Gasteiger partial charge in [0.2, 0.25) is 5.79 Å². The van der Waals surface area contributed by atoms with Crippen molar-refractivity contribution in [2.45, 2.75) is 99.4 Å². The summed E-state index contributed by atoms with van der Waals surface area (Å²) < 4.78 is 20.4. The van der Waals surface area contributed by atoms with Gasteiger partial charge in [0, 0.05) is 48.5 Å². The first-order chi connectivity index (χ1) is 25.9. The lowest BCUT2D eigenvalue weighted by molar-refractivity contribution is -0.384. The molecule has 286 valence electrons. The van der Waals surface area contributed by atoms with Crippen LogP contribution in [0, 0.1) is 27.9 Å².